The molecular weight excluding hydrogens is 394 g/mol. The van der Waals surface area contributed by atoms with Gasteiger partial charge >= 0.3 is 0 Å². The normalized spacial score (nSPS) is 14.6. The van der Waals surface area contributed by atoms with Crippen molar-refractivity contribution >= 4 is 29.1 Å². The summed E-state index contributed by atoms with van der Waals surface area (Å²) in [5.41, 5.74) is 0.710. The Balaban J connectivity index is 1.49. The van der Waals surface area contributed by atoms with Gasteiger partial charge in [-0.05, 0) is 31.9 Å². The van der Waals surface area contributed by atoms with Gasteiger partial charge in [-0.1, -0.05) is 65.8 Å². The summed E-state index contributed by atoms with van der Waals surface area (Å²) in [6.07, 6.45) is 2.18. The third kappa shape index (κ3) is 4.23. The second-order valence-electron chi connectivity index (χ2n) is 6.71. The molecule has 1 fully saturated rings. The molecule has 0 saturated heterocycles. The summed E-state index contributed by atoms with van der Waals surface area (Å²) in [5.74, 6) is 1.46. The molecule has 7 heteroatoms. The van der Waals surface area contributed by atoms with Crippen LogP contribution in [0.2, 0.25) is 5.02 Å². The van der Waals surface area contributed by atoms with E-state index in [1.807, 2.05) is 55.5 Å². The average Bonchev–Trinajstić information content (AvgIpc) is 3.48. The molecule has 0 bridgehead atoms. The van der Waals surface area contributed by atoms with E-state index in [2.05, 4.69) is 14.8 Å². The maximum Gasteiger partial charge on any atom is 0.192 e. The number of nitrogens with zero attached hydrogens (tertiary/aromatic N) is 3. The van der Waals surface area contributed by atoms with Crippen molar-refractivity contribution in [3.8, 4) is 5.75 Å². The number of aromatic nitrogens is 3. The lowest BCUT2D eigenvalue weighted by atomic mass is 10.1. The molecule has 0 N–H and O–H groups in total. The molecule has 1 aromatic heterocycles. The second kappa shape index (κ2) is 8.37. The molecule has 1 aliphatic carbocycles. The molecular formula is C21H20ClN3O2S. The Bertz CT molecular complexity index is 973. The molecule has 144 valence electrons. The van der Waals surface area contributed by atoms with E-state index in [0.717, 1.165) is 23.8 Å². The molecule has 3 aromatic rings. The summed E-state index contributed by atoms with van der Waals surface area (Å²) >= 11 is 7.61. The molecule has 1 saturated carbocycles. The van der Waals surface area contributed by atoms with E-state index < -0.39 is 0 Å². The quantitative estimate of drug-likeness (QED) is 0.375. The highest BCUT2D eigenvalue weighted by Crippen LogP contribution is 2.40. The highest BCUT2D eigenvalue weighted by atomic mass is 35.5. The zero-order valence-electron chi connectivity index (χ0n) is 15.4. The highest BCUT2D eigenvalue weighted by molar-refractivity contribution is 8.00. The first-order chi connectivity index (χ1) is 13.6. The molecule has 0 radical (unpaired) electrons. The molecule has 4 rings (SSSR count). The number of ether oxygens (including phenoxy) is 1. The smallest absolute Gasteiger partial charge is 0.192 e. The lowest BCUT2D eigenvalue weighted by Gasteiger charge is -2.13. The van der Waals surface area contributed by atoms with E-state index in [1.165, 1.54) is 11.8 Å². The monoisotopic (exact) mass is 413 g/mol. The maximum atomic E-state index is 12.7. The van der Waals surface area contributed by atoms with Crippen molar-refractivity contribution in [2.24, 2.45) is 0 Å². The molecule has 0 unspecified atom stereocenters. The van der Waals surface area contributed by atoms with Crippen molar-refractivity contribution in [1.82, 2.24) is 14.8 Å². The van der Waals surface area contributed by atoms with Crippen LogP contribution in [0.4, 0.5) is 0 Å². The van der Waals surface area contributed by atoms with Gasteiger partial charge in [-0.15, -0.1) is 10.2 Å². The summed E-state index contributed by atoms with van der Waals surface area (Å²) in [6.45, 7) is 2.20. The highest BCUT2D eigenvalue weighted by Gasteiger charge is 2.31. The van der Waals surface area contributed by atoms with Gasteiger partial charge in [0.05, 0.1) is 10.3 Å². The Morgan fingerprint density at radius 3 is 2.61 bits per heavy atom. The number of carbonyl (C=O) groups excluding carboxylic acids is 1. The lowest BCUT2D eigenvalue weighted by Crippen LogP contribution is -2.15. The van der Waals surface area contributed by atoms with Gasteiger partial charge in [-0.25, -0.2) is 0 Å². The first kappa shape index (κ1) is 19.0. The van der Waals surface area contributed by atoms with Gasteiger partial charge in [0.1, 0.15) is 12.4 Å². The second-order valence-corrected chi connectivity index (χ2v) is 8.42. The Morgan fingerprint density at radius 1 is 1.18 bits per heavy atom. The van der Waals surface area contributed by atoms with Crippen molar-refractivity contribution < 1.29 is 9.53 Å². The number of hydrogen-bond donors (Lipinski definition) is 0. The summed E-state index contributed by atoms with van der Waals surface area (Å²) in [7, 11) is 0. The van der Waals surface area contributed by atoms with Gasteiger partial charge in [0, 0.05) is 11.6 Å². The number of Topliss-reactive ketones (excluding diaryl/α,β-unsaturated/α-hetero) is 1. The lowest BCUT2D eigenvalue weighted by molar-refractivity contribution is 0.0994. The van der Waals surface area contributed by atoms with Crippen LogP contribution >= 0.6 is 23.4 Å². The minimum atomic E-state index is -0.249. The van der Waals surface area contributed by atoms with Crippen molar-refractivity contribution in [2.45, 2.75) is 42.8 Å². The SMILES string of the molecule is C[C@H](Sc1nnc(COc2ccccc2Cl)n1C1CC1)C(=O)c1ccccc1. The van der Waals surface area contributed by atoms with Crippen molar-refractivity contribution in [3.63, 3.8) is 0 Å². The van der Waals surface area contributed by atoms with Crippen molar-refractivity contribution in [2.75, 3.05) is 0 Å². The van der Waals surface area contributed by atoms with Crippen molar-refractivity contribution in [1.29, 1.82) is 0 Å². The molecule has 28 heavy (non-hydrogen) atoms. The molecule has 5 nitrogen and oxygen atoms in total. The van der Waals surface area contributed by atoms with Crippen LogP contribution in [0, 0.1) is 0 Å². The van der Waals surface area contributed by atoms with Gasteiger partial charge in [-0.3, -0.25) is 9.36 Å². The molecule has 1 heterocycles. The van der Waals surface area contributed by atoms with Crippen LogP contribution in [0.25, 0.3) is 0 Å². The van der Waals surface area contributed by atoms with E-state index in [-0.39, 0.29) is 17.6 Å². The molecule has 2 aromatic carbocycles. The van der Waals surface area contributed by atoms with Crippen LogP contribution in [0.3, 0.4) is 0 Å². The van der Waals surface area contributed by atoms with Crippen LogP contribution in [0.1, 0.15) is 42.0 Å². The number of ketones is 1. The average molecular weight is 414 g/mol. The summed E-state index contributed by atoms with van der Waals surface area (Å²) in [5, 5.41) is 9.74. The topological polar surface area (TPSA) is 57.0 Å². The Kier molecular flexibility index (Phi) is 5.69. The van der Waals surface area contributed by atoms with Crippen LogP contribution in [-0.2, 0) is 6.61 Å². The number of carbonyl (C=O) groups is 1. The fourth-order valence-corrected chi connectivity index (χ4v) is 4.14. The number of para-hydroxylation sites is 1. The molecule has 0 amide bonds. The first-order valence-corrected chi connectivity index (χ1v) is 10.5. The van der Waals surface area contributed by atoms with Gasteiger partial charge in [0.2, 0.25) is 0 Å². The predicted molar refractivity (Wildman–Crippen MR) is 110 cm³/mol. The Hall–Kier alpha value is -2.31. The van der Waals surface area contributed by atoms with E-state index in [0.29, 0.717) is 22.4 Å². The minimum Gasteiger partial charge on any atom is -0.484 e. The van der Waals surface area contributed by atoms with Crippen LogP contribution in [-0.4, -0.2) is 25.8 Å². The van der Waals surface area contributed by atoms with Gasteiger partial charge in [0.25, 0.3) is 0 Å². The van der Waals surface area contributed by atoms with Crippen LogP contribution in [0.5, 0.6) is 5.75 Å². The summed E-state index contributed by atoms with van der Waals surface area (Å²) < 4.78 is 7.95. The number of benzene rings is 2. The first-order valence-electron chi connectivity index (χ1n) is 9.20. The van der Waals surface area contributed by atoms with E-state index in [9.17, 15) is 4.79 Å². The fraction of sp³-hybridized carbons (Fsp3) is 0.286. The third-order valence-corrected chi connectivity index (χ3v) is 5.92. The van der Waals surface area contributed by atoms with Crippen LogP contribution in [0.15, 0.2) is 59.8 Å². The maximum absolute atomic E-state index is 12.7. The number of halogens is 1. The van der Waals surface area contributed by atoms with Gasteiger partial charge < -0.3 is 4.74 Å². The molecule has 1 atom stereocenters. The number of rotatable bonds is 8. The van der Waals surface area contributed by atoms with E-state index >= 15 is 0 Å². The van der Waals surface area contributed by atoms with E-state index in [1.54, 1.807) is 6.07 Å². The zero-order chi connectivity index (χ0) is 19.5. The Labute approximate surface area is 173 Å². The predicted octanol–water partition coefficient (Wildman–Crippen LogP) is 5.21. The van der Waals surface area contributed by atoms with Gasteiger partial charge in [-0.2, -0.15) is 0 Å². The largest absolute Gasteiger partial charge is 0.484 e. The third-order valence-electron chi connectivity index (χ3n) is 4.55. The number of hydrogen-bond acceptors (Lipinski definition) is 5. The van der Waals surface area contributed by atoms with Gasteiger partial charge in [0.15, 0.2) is 16.8 Å². The Morgan fingerprint density at radius 2 is 1.89 bits per heavy atom. The molecule has 0 aliphatic heterocycles. The van der Waals surface area contributed by atoms with Crippen molar-refractivity contribution in [3.05, 3.63) is 71.0 Å². The summed E-state index contributed by atoms with van der Waals surface area (Å²) in [6, 6.07) is 17.1. The zero-order valence-corrected chi connectivity index (χ0v) is 17.0. The minimum absolute atomic E-state index is 0.0878. The fourth-order valence-electron chi connectivity index (χ4n) is 2.94. The molecule has 0 spiro atoms. The van der Waals surface area contributed by atoms with Crippen LogP contribution < -0.4 is 4.74 Å². The molecule has 1 aliphatic rings. The standard InChI is InChI=1S/C21H20ClN3O2S/c1-14(20(26)15-7-3-2-4-8-15)28-21-24-23-19(25(21)16-11-12-16)13-27-18-10-6-5-9-17(18)22/h2-10,14,16H,11-13H2,1H3/t14-/m0/s1. The number of thioether (sulfide) groups is 1. The summed E-state index contributed by atoms with van der Waals surface area (Å²) in [4.78, 5) is 12.7. The van der Waals surface area contributed by atoms with E-state index in [4.69, 9.17) is 16.3 Å².